The minimum atomic E-state index is -3.36. The van der Waals surface area contributed by atoms with Crippen LogP contribution in [-0.2, 0) is 23.3 Å². The smallest absolute Gasteiger partial charge is 0.222 e. The number of aromatic nitrogens is 5. The van der Waals surface area contributed by atoms with E-state index in [1.165, 1.54) is 18.8 Å². The van der Waals surface area contributed by atoms with E-state index in [9.17, 15) is 8.42 Å². The summed E-state index contributed by atoms with van der Waals surface area (Å²) in [5.74, 6) is 1.38. The van der Waals surface area contributed by atoms with Gasteiger partial charge in [0.2, 0.25) is 5.95 Å². The molecule has 1 saturated heterocycles. The summed E-state index contributed by atoms with van der Waals surface area (Å²) in [5.41, 5.74) is 0.603. The molecule has 136 valence electrons. The van der Waals surface area contributed by atoms with Crippen molar-refractivity contribution in [3.63, 3.8) is 0 Å². The summed E-state index contributed by atoms with van der Waals surface area (Å²) in [6.45, 7) is 2.28. The van der Waals surface area contributed by atoms with Crippen molar-refractivity contribution in [3.05, 3.63) is 24.0 Å². The first-order valence-corrected chi connectivity index (χ1v) is 10.2. The second-order valence-corrected chi connectivity index (χ2v) is 8.22. The number of nitrogens with zero attached hydrogens (tertiary/aromatic N) is 5. The van der Waals surface area contributed by atoms with Gasteiger partial charge in [0, 0.05) is 38.7 Å². The van der Waals surface area contributed by atoms with Gasteiger partial charge in [-0.1, -0.05) is 0 Å². The van der Waals surface area contributed by atoms with Crippen LogP contribution >= 0.6 is 0 Å². The van der Waals surface area contributed by atoms with Crippen LogP contribution in [-0.4, -0.2) is 59.0 Å². The van der Waals surface area contributed by atoms with Gasteiger partial charge in [-0.15, -0.1) is 0 Å². The van der Waals surface area contributed by atoms with Gasteiger partial charge in [0.1, 0.15) is 17.0 Å². The maximum atomic E-state index is 12.1. The first-order valence-electron chi connectivity index (χ1n) is 8.29. The number of hydrogen-bond acceptors (Lipinski definition) is 8. The highest BCUT2D eigenvalue weighted by molar-refractivity contribution is 7.90. The molecular formula is C15H23N7O2S. The quantitative estimate of drug-likeness (QED) is 0.742. The summed E-state index contributed by atoms with van der Waals surface area (Å²) in [6.07, 6.45) is 6.73. The highest BCUT2D eigenvalue weighted by Gasteiger charge is 2.25. The average Bonchev–Trinajstić information content (AvgIpc) is 3.00. The lowest BCUT2D eigenvalue weighted by Crippen LogP contribution is -2.30. The molecule has 0 aromatic carbocycles. The number of hydrogen-bond donors (Lipinski definition) is 2. The lowest BCUT2D eigenvalue weighted by Gasteiger charge is -2.24. The Morgan fingerprint density at radius 2 is 2.24 bits per heavy atom. The third kappa shape index (κ3) is 4.31. The standard InChI is InChI=1S/C15H23N7O2S/c1-22-13(19-10-20-22)5-7-17-15-18-9-12(25(2,23)24)14(21-15)11-4-3-6-16-8-11/h9-11,16H,3-8H2,1-2H3,(H,17,18,21)/t11-/m1/s1. The van der Waals surface area contributed by atoms with Crippen molar-refractivity contribution < 1.29 is 8.42 Å². The Labute approximate surface area is 147 Å². The lowest BCUT2D eigenvalue weighted by molar-refractivity contribution is 0.448. The largest absolute Gasteiger partial charge is 0.354 e. The molecule has 2 N–H and O–H groups in total. The molecule has 2 aromatic rings. The predicted molar refractivity (Wildman–Crippen MR) is 93.2 cm³/mol. The fraction of sp³-hybridized carbons (Fsp3) is 0.600. The average molecular weight is 365 g/mol. The van der Waals surface area contributed by atoms with Gasteiger partial charge in [0.05, 0.1) is 11.9 Å². The molecule has 0 amide bonds. The topological polar surface area (TPSA) is 115 Å². The van der Waals surface area contributed by atoms with E-state index in [4.69, 9.17) is 0 Å². The molecule has 1 atom stereocenters. The van der Waals surface area contributed by atoms with Crippen molar-refractivity contribution in [3.8, 4) is 0 Å². The molecule has 3 rings (SSSR count). The molecule has 0 bridgehead atoms. The van der Waals surface area contributed by atoms with Crippen LogP contribution in [0.1, 0.15) is 30.3 Å². The number of piperidine rings is 1. The summed E-state index contributed by atoms with van der Waals surface area (Å²) in [6, 6.07) is 0. The number of sulfone groups is 1. The van der Waals surface area contributed by atoms with E-state index in [1.807, 2.05) is 7.05 Å². The van der Waals surface area contributed by atoms with Gasteiger partial charge in [-0.3, -0.25) is 4.68 Å². The zero-order chi connectivity index (χ0) is 17.9. The molecule has 0 aliphatic carbocycles. The number of nitrogens with one attached hydrogen (secondary N) is 2. The molecule has 3 heterocycles. The number of anilines is 1. The molecule has 25 heavy (non-hydrogen) atoms. The van der Waals surface area contributed by atoms with Gasteiger partial charge < -0.3 is 10.6 Å². The highest BCUT2D eigenvalue weighted by atomic mass is 32.2. The number of rotatable bonds is 6. The first-order chi connectivity index (χ1) is 11.9. The summed E-state index contributed by atoms with van der Waals surface area (Å²) in [5, 5.41) is 10.5. The SMILES string of the molecule is Cn1ncnc1CCNc1ncc(S(C)(=O)=O)c([C@@H]2CCCNC2)n1. The fourth-order valence-electron chi connectivity index (χ4n) is 2.97. The Kier molecular flexibility index (Phi) is 5.28. The van der Waals surface area contributed by atoms with Crippen LogP contribution in [0.15, 0.2) is 17.4 Å². The second-order valence-electron chi connectivity index (χ2n) is 6.24. The van der Waals surface area contributed by atoms with E-state index in [1.54, 1.807) is 4.68 Å². The maximum absolute atomic E-state index is 12.1. The highest BCUT2D eigenvalue weighted by Crippen LogP contribution is 2.27. The van der Waals surface area contributed by atoms with E-state index in [0.29, 0.717) is 24.6 Å². The van der Waals surface area contributed by atoms with Crippen molar-refractivity contribution in [1.29, 1.82) is 0 Å². The Bertz CT molecular complexity index is 828. The van der Waals surface area contributed by atoms with Crippen LogP contribution in [0.5, 0.6) is 0 Å². The second kappa shape index (κ2) is 7.44. The summed E-state index contributed by atoms with van der Waals surface area (Å²) in [7, 11) is -1.52. The van der Waals surface area contributed by atoms with Crippen LogP contribution in [0.3, 0.4) is 0 Å². The maximum Gasteiger partial charge on any atom is 0.222 e. The molecule has 1 fully saturated rings. The van der Waals surface area contributed by atoms with Crippen LogP contribution in [0.4, 0.5) is 5.95 Å². The zero-order valence-corrected chi connectivity index (χ0v) is 15.3. The van der Waals surface area contributed by atoms with Gasteiger partial charge in [-0.25, -0.2) is 23.4 Å². The molecular weight excluding hydrogens is 342 g/mol. The Morgan fingerprint density at radius 1 is 1.40 bits per heavy atom. The van der Waals surface area contributed by atoms with Crippen LogP contribution < -0.4 is 10.6 Å². The van der Waals surface area contributed by atoms with Crippen molar-refractivity contribution >= 4 is 15.8 Å². The van der Waals surface area contributed by atoms with Gasteiger partial charge in [-0.05, 0) is 19.4 Å². The minimum Gasteiger partial charge on any atom is -0.354 e. The van der Waals surface area contributed by atoms with Crippen molar-refractivity contribution in [2.45, 2.75) is 30.1 Å². The Hall–Kier alpha value is -2.07. The third-order valence-electron chi connectivity index (χ3n) is 4.30. The molecule has 0 spiro atoms. The molecule has 1 aliphatic rings. The summed E-state index contributed by atoms with van der Waals surface area (Å²) in [4.78, 5) is 13.1. The Morgan fingerprint density at radius 3 is 2.88 bits per heavy atom. The van der Waals surface area contributed by atoms with E-state index in [2.05, 4.69) is 30.7 Å². The summed E-state index contributed by atoms with van der Waals surface area (Å²) < 4.78 is 25.9. The third-order valence-corrected chi connectivity index (χ3v) is 5.42. The van der Waals surface area contributed by atoms with Crippen LogP contribution in [0.25, 0.3) is 0 Å². The molecule has 1 aliphatic heterocycles. The normalized spacial score (nSPS) is 18.2. The van der Waals surface area contributed by atoms with E-state index in [-0.39, 0.29) is 10.8 Å². The lowest BCUT2D eigenvalue weighted by atomic mass is 9.96. The van der Waals surface area contributed by atoms with Gasteiger partial charge in [0.25, 0.3) is 0 Å². The molecule has 0 radical (unpaired) electrons. The zero-order valence-electron chi connectivity index (χ0n) is 14.4. The van der Waals surface area contributed by atoms with Crippen LogP contribution in [0.2, 0.25) is 0 Å². The van der Waals surface area contributed by atoms with Crippen molar-refractivity contribution in [2.24, 2.45) is 7.05 Å². The van der Waals surface area contributed by atoms with E-state index >= 15 is 0 Å². The predicted octanol–water partition coefficient (Wildman–Crippen LogP) is 0.130. The fourth-order valence-corrected chi connectivity index (χ4v) is 3.80. The van der Waals surface area contributed by atoms with Crippen LogP contribution in [0, 0.1) is 0 Å². The van der Waals surface area contributed by atoms with Crippen molar-refractivity contribution in [2.75, 3.05) is 31.2 Å². The van der Waals surface area contributed by atoms with E-state index in [0.717, 1.165) is 31.8 Å². The molecule has 2 aromatic heterocycles. The molecule has 9 nitrogen and oxygen atoms in total. The van der Waals surface area contributed by atoms with Gasteiger partial charge in [0.15, 0.2) is 9.84 Å². The first kappa shape index (κ1) is 17.7. The number of aryl methyl sites for hydroxylation is 1. The monoisotopic (exact) mass is 365 g/mol. The minimum absolute atomic E-state index is 0.0840. The molecule has 10 heteroatoms. The summed E-state index contributed by atoms with van der Waals surface area (Å²) >= 11 is 0. The van der Waals surface area contributed by atoms with Gasteiger partial charge in [-0.2, -0.15) is 5.10 Å². The molecule has 0 unspecified atom stereocenters. The van der Waals surface area contributed by atoms with Gasteiger partial charge >= 0.3 is 0 Å². The Balaban J connectivity index is 1.77. The molecule has 0 saturated carbocycles. The van der Waals surface area contributed by atoms with E-state index < -0.39 is 9.84 Å². The van der Waals surface area contributed by atoms with Crippen molar-refractivity contribution in [1.82, 2.24) is 30.0 Å².